The van der Waals surface area contributed by atoms with Crippen molar-refractivity contribution < 1.29 is 19.1 Å². The number of likely N-dealkylation sites (tertiary alicyclic amines) is 1. The number of benzene rings is 1. The zero-order chi connectivity index (χ0) is 20.3. The van der Waals surface area contributed by atoms with Crippen LogP contribution in [0.4, 0.5) is 0 Å². The van der Waals surface area contributed by atoms with Gasteiger partial charge in [0.05, 0.1) is 18.4 Å². The third kappa shape index (κ3) is 4.43. The molecule has 0 saturated carbocycles. The van der Waals surface area contributed by atoms with Crippen LogP contribution in [0.5, 0.6) is 5.75 Å². The van der Waals surface area contributed by atoms with Crippen LogP contribution in [0.15, 0.2) is 36.4 Å². The zero-order valence-electron chi connectivity index (χ0n) is 16.7. The van der Waals surface area contributed by atoms with E-state index in [0.717, 1.165) is 10.6 Å². The fraction of sp³-hybridized carbons (Fsp3) is 0.500. The Balaban J connectivity index is 1.41. The average Bonchev–Trinajstić information content (AvgIpc) is 2.90. The van der Waals surface area contributed by atoms with Crippen LogP contribution in [0.2, 0.25) is 0 Å². The molecule has 1 heterocycles. The van der Waals surface area contributed by atoms with Gasteiger partial charge in [-0.1, -0.05) is 45.1 Å². The van der Waals surface area contributed by atoms with E-state index >= 15 is 0 Å². The summed E-state index contributed by atoms with van der Waals surface area (Å²) in [5.41, 5.74) is 1.31. The molecular formula is C22H28N2O4. The Morgan fingerprint density at radius 1 is 1.07 bits per heavy atom. The fourth-order valence-electron chi connectivity index (χ4n) is 3.63. The van der Waals surface area contributed by atoms with Crippen LogP contribution >= 0.6 is 0 Å². The molecule has 0 unspecified atom stereocenters. The lowest BCUT2D eigenvalue weighted by molar-refractivity contribution is -0.143. The number of nitrogens with zero attached hydrogens (tertiary/aromatic N) is 1. The Morgan fingerprint density at radius 2 is 1.64 bits per heavy atom. The van der Waals surface area contributed by atoms with Crippen LogP contribution in [0.1, 0.15) is 39.2 Å². The SMILES string of the molecule is CC(C)(C)c1ccc(OCCNC(=O)CN2C(=O)[C@@H]3CC=CC[C@H]3C2=O)cc1. The molecule has 6 nitrogen and oxygen atoms in total. The first-order valence-corrected chi connectivity index (χ1v) is 9.77. The maximum absolute atomic E-state index is 12.4. The number of allylic oxidation sites excluding steroid dienone is 2. The molecule has 3 amide bonds. The molecule has 6 heteroatoms. The molecule has 1 saturated heterocycles. The third-order valence-electron chi connectivity index (χ3n) is 5.31. The van der Waals surface area contributed by atoms with Gasteiger partial charge < -0.3 is 10.1 Å². The molecule has 0 aromatic heterocycles. The lowest BCUT2D eigenvalue weighted by atomic mass is 9.85. The molecule has 0 spiro atoms. The number of amides is 3. The summed E-state index contributed by atoms with van der Waals surface area (Å²) >= 11 is 0. The molecule has 1 fully saturated rings. The van der Waals surface area contributed by atoms with E-state index in [0.29, 0.717) is 26.0 Å². The number of carbonyl (C=O) groups is 3. The quantitative estimate of drug-likeness (QED) is 0.464. The lowest BCUT2D eigenvalue weighted by Crippen LogP contribution is -2.42. The summed E-state index contributed by atoms with van der Waals surface area (Å²) in [5.74, 6) is -0.674. The minimum atomic E-state index is -0.347. The number of imide groups is 1. The first-order chi connectivity index (χ1) is 13.3. The molecule has 2 aliphatic rings. The second-order valence-corrected chi connectivity index (χ2v) is 8.39. The normalized spacial score (nSPS) is 21.6. The summed E-state index contributed by atoms with van der Waals surface area (Å²) < 4.78 is 5.64. The van der Waals surface area contributed by atoms with Crippen molar-refractivity contribution in [3.05, 3.63) is 42.0 Å². The topological polar surface area (TPSA) is 75.7 Å². The predicted molar refractivity (Wildman–Crippen MR) is 106 cm³/mol. The number of rotatable bonds is 6. The van der Waals surface area contributed by atoms with Gasteiger partial charge in [-0.3, -0.25) is 19.3 Å². The Labute approximate surface area is 165 Å². The molecule has 1 aromatic rings. The highest BCUT2D eigenvalue weighted by Gasteiger charge is 2.47. The van der Waals surface area contributed by atoms with Crippen molar-refractivity contribution in [3.8, 4) is 5.75 Å². The van der Waals surface area contributed by atoms with Crippen molar-refractivity contribution in [1.29, 1.82) is 0 Å². The minimum Gasteiger partial charge on any atom is -0.492 e. The second-order valence-electron chi connectivity index (χ2n) is 8.39. The molecule has 0 bridgehead atoms. The largest absolute Gasteiger partial charge is 0.492 e. The van der Waals surface area contributed by atoms with Gasteiger partial charge in [0.1, 0.15) is 18.9 Å². The fourth-order valence-corrected chi connectivity index (χ4v) is 3.63. The average molecular weight is 384 g/mol. The number of hydrogen-bond donors (Lipinski definition) is 1. The Kier molecular flexibility index (Phi) is 5.87. The summed E-state index contributed by atoms with van der Waals surface area (Å²) in [4.78, 5) is 38.0. The standard InChI is InChI=1S/C22H28N2O4/c1-22(2,3)15-8-10-16(11-9-15)28-13-12-23-19(25)14-24-20(26)17-6-4-5-7-18(17)21(24)27/h4-5,8-11,17-18H,6-7,12-14H2,1-3H3,(H,23,25)/t17-,18-/m1/s1. The molecule has 3 rings (SSSR count). The minimum absolute atomic E-state index is 0.0878. The summed E-state index contributed by atoms with van der Waals surface area (Å²) in [6, 6.07) is 7.90. The van der Waals surface area contributed by atoms with E-state index in [1.807, 2.05) is 36.4 Å². The van der Waals surface area contributed by atoms with E-state index in [4.69, 9.17) is 4.74 Å². The molecule has 1 aromatic carbocycles. The van der Waals surface area contributed by atoms with Gasteiger partial charge in [0.15, 0.2) is 0 Å². The maximum Gasteiger partial charge on any atom is 0.240 e. The molecular weight excluding hydrogens is 356 g/mol. The first-order valence-electron chi connectivity index (χ1n) is 9.77. The van der Waals surface area contributed by atoms with Gasteiger partial charge in [0.2, 0.25) is 17.7 Å². The summed E-state index contributed by atoms with van der Waals surface area (Å²) in [6.45, 7) is 6.87. The highest BCUT2D eigenvalue weighted by Crippen LogP contribution is 2.34. The van der Waals surface area contributed by atoms with E-state index in [-0.39, 0.29) is 41.5 Å². The van der Waals surface area contributed by atoms with Gasteiger partial charge in [-0.2, -0.15) is 0 Å². The summed E-state index contributed by atoms with van der Waals surface area (Å²) in [5, 5.41) is 2.71. The molecule has 150 valence electrons. The molecule has 0 radical (unpaired) electrons. The van der Waals surface area contributed by atoms with Crippen molar-refractivity contribution in [2.75, 3.05) is 19.7 Å². The van der Waals surface area contributed by atoms with E-state index in [1.165, 1.54) is 5.56 Å². The van der Waals surface area contributed by atoms with Crippen LogP contribution in [0.3, 0.4) is 0 Å². The number of carbonyl (C=O) groups excluding carboxylic acids is 3. The number of ether oxygens (including phenoxy) is 1. The predicted octanol–water partition coefficient (Wildman–Crippen LogP) is 2.43. The molecule has 1 N–H and O–H groups in total. The van der Waals surface area contributed by atoms with Gasteiger partial charge in [-0.05, 0) is 36.0 Å². The highest BCUT2D eigenvalue weighted by atomic mass is 16.5. The van der Waals surface area contributed by atoms with Gasteiger partial charge in [-0.15, -0.1) is 0 Å². The van der Waals surface area contributed by atoms with E-state index in [2.05, 4.69) is 26.1 Å². The number of hydrogen-bond acceptors (Lipinski definition) is 4. The van der Waals surface area contributed by atoms with Crippen LogP contribution < -0.4 is 10.1 Å². The van der Waals surface area contributed by atoms with Crippen molar-refractivity contribution in [1.82, 2.24) is 10.2 Å². The molecule has 1 aliphatic carbocycles. The van der Waals surface area contributed by atoms with E-state index < -0.39 is 0 Å². The maximum atomic E-state index is 12.4. The van der Waals surface area contributed by atoms with Gasteiger partial charge in [0, 0.05) is 0 Å². The summed E-state index contributed by atoms with van der Waals surface area (Å²) in [6.07, 6.45) is 5.02. The zero-order valence-corrected chi connectivity index (χ0v) is 16.7. The highest BCUT2D eigenvalue weighted by molar-refractivity contribution is 6.07. The van der Waals surface area contributed by atoms with E-state index in [1.54, 1.807) is 0 Å². The van der Waals surface area contributed by atoms with E-state index in [9.17, 15) is 14.4 Å². The van der Waals surface area contributed by atoms with Crippen LogP contribution in [0.25, 0.3) is 0 Å². The molecule has 2 atom stereocenters. The van der Waals surface area contributed by atoms with Gasteiger partial charge in [-0.25, -0.2) is 0 Å². The number of fused-ring (bicyclic) bond motifs is 1. The lowest BCUT2D eigenvalue weighted by Gasteiger charge is -2.19. The van der Waals surface area contributed by atoms with Crippen LogP contribution in [-0.4, -0.2) is 42.3 Å². The Bertz CT molecular complexity index is 751. The van der Waals surface area contributed by atoms with Crippen LogP contribution in [0, 0.1) is 11.8 Å². The van der Waals surface area contributed by atoms with Crippen molar-refractivity contribution in [2.24, 2.45) is 11.8 Å². The molecule has 28 heavy (non-hydrogen) atoms. The van der Waals surface area contributed by atoms with Crippen molar-refractivity contribution >= 4 is 17.7 Å². The smallest absolute Gasteiger partial charge is 0.240 e. The number of nitrogens with one attached hydrogen (secondary N) is 1. The van der Waals surface area contributed by atoms with Crippen LogP contribution in [-0.2, 0) is 19.8 Å². The van der Waals surface area contributed by atoms with Gasteiger partial charge in [0.25, 0.3) is 0 Å². The molecule has 1 aliphatic heterocycles. The second kappa shape index (κ2) is 8.17. The van der Waals surface area contributed by atoms with Crippen molar-refractivity contribution in [2.45, 2.75) is 39.0 Å². The monoisotopic (exact) mass is 384 g/mol. The Hall–Kier alpha value is -2.63. The Morgan fingerprint density at radius 3 is 2.18 bits per heavy atom. The van der Waals surface area contributed by atoms with Gasteiger partial charge >= 0.3 is 0 Å². The third-order valence-corrected chi connectivity index (χ3v) is 5.31. The van der Waals surface area contributed by atoms with Crippen molar-refractivity contribution in [3.63, 3.8) is 0 Å². The summed E-state index contributed by atoms with van der Waals surface area (Å²) in [7, 11) is 0. The first kappa shape index (κ1) is 20.1.